The van der Waals surface area contributed by atoms with Gasteiger partial charge in [0.05, 0.1) is 6.61 Å². The molecule has 3 atom stereocenters. The van der Waals surface area contributed by atoms with Crippen LogP contribution in [0.5, 0.6) is 0 Å². The molecule has 3 aliphatic heterocycles. The zero-order valence-electron chi connectivity index (χ0n) is 22.7. The Balaban J connectivity index is 1.38. The average molecular weight is 487 g/mol. The average Bonchev–Trinajstić information content (AvgIpc) is 2.88. The molecule has 1 unspecified atom stereocenters. The Bertz CT molecular complexity index is 841. The number of piperidine rings is 1. The summed E-state index contributed by atoms with van der Waals surface area (Å²) < 4.78 is 6.12. The fraction of sp³-hybridized carbons (Fsp3) is 0.815. The highest BCUT2D eigenvalue weighted by Crippen LogP contribution is 2.29. The van der Waals surface area contributed by atoms with Crippen LogP contribution in [0.3, 0.4) is 0 Å². The molecule has 0 aromatic carbocycles. The minimum atomic E-state index is -0.190. The highest BCUT2D eigenvalue weighted by atomic mass is 16.5. The van der Waals surface area contributed by atoms with Gasteiger partial charge in [0.1, 0.15) is 11.8 Å². The number of amides is 1. The molecule has 1 amide bonds. The van der Waals surface area contributed by atoms with Gasteiger partial charge in [-0.3, -0.25) is 14.6 Å². The first-order valence-corrected chi connectivity index (χ1v) is 13.7. The number of carbonyl (C=O) groups is 1. The lowest BCUT2D eigenvalue weighted by atomic mass is 9.88. The molecule has 3 aliphatic rings. The fourth-order valence-electron chi connectivity index (χ4n) is 5.96. The summed E-state index contributed by atoms with van der Waals surface area (Å²) in [6.07, 6.45) is 4.04. The second kappa shape index (κ2) is 11.6. The van der Waals surface area contributed by atoms with E-state index in [4.69, 9.17) is 9.72 Å². The van der Waals surface area contributed by atoms with Crippen LogP contribution in [0.15, 0.2) is 12.3 Å². The van der Waals surface area contributed by atoms with Crippen LogP contribution in [-0.2, 0) is 4.74 Å². The van der Waals surface area contributed by atoms with Crippen molar-refractivity contribution in [1.29, 1.82) is 0 Å². The molecular formula is C27H46N6O2. The minimum absolute atomic E-state index is 0.00232. The van der Waals surface area contributed by atoms with Gasteiger partial charge in [0.2, 0.25) is 0 Å². The van der Waals surface area contributed by atoms with Crippen LogP contribution >= 0.6 is 0 Å². The summed E-state index contributed by atoms with van der Waals surface area (Å²) in [7, 11) is 0. The van der Waals surface area contributed by atoms with Crippen molar-refractivity contribution in [3.63, 3.8) is 0 Å². The predicted octanol–water partition coefficient (Wildman–Crippen LogP) is 2.91. The van der Waals surface area contributed by atoms with Gasteiger partial charge in [-0.2, -0.15) is 0 Å². The highest BCUT2D eigenvalue weighted by molar-refractivity contribution is 5.92. The summed E-state index contributed by atoms with van der Waals surface area (Å²) in [5, 5.41) is 0. The minimum Gasteiger partial charge on any atom is -0.368 e. The molecule has 196 valence electrons. The van der Waals surface area contributed by atoms with E-state index in [2.05, 4.69) is 61.2 Å². The van der Waals surface area contributed by atoms with Crippen molar-refractivity contribution in [1.82, 2.24) is 29.6 Å². The molecule has 1 aromatic heterocycles. The van der Waals surface area contributed by atoms with Gasteiger partial charge in [0.25, 0.3) is 5.91 Å². The van der Waals surface area contributed by atoms with E-state index in [1.807, 2.05) is 4.90 Å². The Morgan fingerprint density at radius 3 is 2.31 bits per heavy atom. The molecular weight excluding hydrogens is 440 g/mol. The third kappa shape index (κ3) is 6.21. The van der Waals surface area contributed by atoms with E-state index in [1.54, 1.807) is 12.3 Å². The second-order valence-electron chi connectivity index (χ2n) is 11.3. The summed E-state index contributed by atoms with van der Waals surface area (Å²) in [4.78, 5) is 32.1. The maximum atomic E-state index is 13.3. The van der Waals surface area contributed by atoms with Crippen LogP contribution in [-0.4, -0.2) is 112 Å². The Hall–Kier alpha value is -1.61. The number of hydrogen-bond acceptors (Lipinski definition) is 7. The highest BCUT2D eigenvalue weighted by Gasteiger charge is 2.34. The summed E-state index contributed by atoms with van der Waals surface area (Å²) in [5.41, 5.74) is 0.481. The summed E-state index contributed by atoms with van der Waals surface area (Å²) >= 11 is 0. The Labute approximate surface area is 212 Å². The number of carbonyl (C=O) groups excluding carboxylic acids is 1. The quantitative estimate of drug-likeness (QED) is 0.613. The maximum Gasteiger partial charge on any atom is 0.272 e. The van der Waals surface area contributed by atoms with Gasteiger partial charge in [-0.1, -0.05) is 0 Å². The zero-order chi connectivity index (χ0) is 25.1. The van der Waals surface area contributed by atoms with Crippen molar-refractivity contribution in [3.05, 3.63) is 23.8 Å². The summed E-state index contributed by atoms with van der Waals surface area (Å²) in [6, 6.07) is 3.56. The lowest BCUT2D eigenvalue weighted by Crippen LogP contribution is -2.55. The summed E-state index contributed by atoms with van der Waals surface area (Å²) in [6.45, 7) is 20.8. The van der Waals surface area contributed by atoms with Crippen LogP contribution in [0.1, 0.15) is 76.8 Å². The van der Waals surface area contributed by atoms with E-state index in [1.165, 1.54) is 25.9 Å². The molecule has 0 radical (unpaired) electrons. The van der Waals surface area contributed by atoms with Gasteiger partial charge in [0.15, 0.2) is 5.82 Å². The first kappa shape index (κ1) is 26.5. The number of morpholine rings is 1. The van der Waals surface area contributed by atoms with Crippen LogP contribution in [0.25, 0.3) is 0 Å². The van der Waals surface area contributed by atoms with Crippen molar-refractivity contribution < 1.29 is 9.53 Å². The molecule has 3 saturated heterocycles. The van der Waals surface area contributed by atoms with E-state index in [0.29, 0.717) is 42.2 Å². The smallest absolute Gasteiger partial charge is 0.272 e. The van der Waals surface area contributed by atoms with Crippen molar-refractivity contribution in [2.24, 2.45) is 5.92 Å². The standard InChI is InChI=1S/C27H46N6O2/c1-19(2)30-11-8-23(9-12-30)22(6)32-15-16-35-25(18-32)26-28-10-7-24(29-26)27(34)33-14-13-31(20(3)4)17-21(33)5/h7,10,19-23,25H,8-9,11-18H2,1-6H3/t21-,22+,25?/m1/s1. The third-order valence-corrected chi connectivity index (χ3v) is 8.49. The molecule has 8 nitrogen and oxygen atoms in total. The Kier molecular flexibility index (Phi) is 8.79. The van der Waals surface area contributed by atoms with Crippen LogP contribution in [0.2, 0.25) is 0 Å². The number of aromatic nitrogens is 2. The SMILES string of the molecule is CC(C)N1CCC([C@H](C)N2CCOC(c3nccc(C(=O)N4CCN(C(C)C)C[C@H]4C)n3)C2)CC1. The molecule has 35 heavy (non-hydrogen) atoms. The van der Waals surface area contributed by atoms with E-state index in [-0.39, 0.29) is 18.1 Å². The number of hydrogen-bond donors (Lipinski definition) is 0. The van der Waals surface area contributed by atoms with Crippen LogP contribution in [0, 0.1) is 5.92 Å². The van der Waals surface area contributed by atoms with Crippen molar-refractivity contribution >= 4 is 5.91 Å². The monoisotopic (exact) mass is 486 g/mol. The predicted molar refractivity (Wildman–Crippen MR) is 138 cm³/mol. The molecule has 0 N–H and O–H groups in total. The lowest BCUT2D eigenvalue weighted by molar-refractivity contribution is -0.0590. The van der Waals surface area contributed by atoms with Crippen LogP contribution < -0.4 is 0 Å². The van der Waals surface area contributed by atoms with Crippen LogP contribution in [0.4, 0.5) is 0 Å². The van der Waals surface area contributed by atoms with Crippen molar-refractivity contribution in [2.75, 3.05) is 52.4 Å². The van der Waals surface area contributed by atoms with E-state index in [0.717, 1.165) is 32.7 Å². The molecule has 4 rings (SSSR count). The van der Waals surface area contributed by atoms with Gasteiger partial charge in [-0.05, 0) is 79.5 Å². The topological polar surface area (TPSA) is 65.0 Å². The van der Waals surface area contributed by atoms with Gasteiger partial charge < -0.3 is 14.5 Å². The molecule has 0 spiro atoms. The zero-order valence-corrected chi connectivity index (χ0v) is 22.7. The van der Waals surface area contributed by atoms with Crippen molar-refractivity contribution in [2.45, 2.75) is 84.7 Å². The van der Waals surface area contributed by atoms with Gasteiger partial charge in [-0.15, -0.1) is 0 Å². The largest absolute Gasteiger partial charge is 0.368 e. The molecule has 0 aliphatic carbocycles. The molecule has 0 saturated carbocycles. The second-order valence-corrected chi connectivity index (χ2v) is 11.3. The molecule has 4 heterocycles. The first-order chi connectivity index (χ1) is 16.7. The van der Waals surface area contributed by atoms with Crippen molar-refractivity contribution in [3.8, 4) is 0 Å². The fourth-order valence-corrected chi connectivity index (χ4v) is 5.96. The molecule has 3 fully saturated rings. The van der Waals surface area contributed by atoms with Gasteiger partial charge >= 0.3 is 0 Å². The van der Waals surface area contributed by atoms with E-state index < -0.39 is 0 Å². The number of likely N-dealkylation sites (tertiary alicyclic amines) is 1. The lowest BCUT2D eigenvalue weighted by Gasteiger charge is -2.43. The Morgan fingerprint density at radius 1 is 0.943 bits per heavy atom. The summed E-state index contributed by atoms with van der Waals surface area (Å²) in [5.74, 6) is 1.35. The van der Waals surface area contributed by atoms with Gasteiger partial charge in [0, 0.05) is 63.1 Å². The molecule has 0 bridgehead atoms. The number of nitrogens with zero attached hydrogens (tertiary/aromatic N) is 6. The first-order valence-electron chi connectivity index (χ1n) is 13.7. The Morgan fingerprint density at radius 2 is 1.66 bits per heavy atom. The van der Waals surface area contributed by atoms with E-state index in [9.17, 15) is 4.79 Å². The number of piperazine rings is 1. The van der Waals surface area contributed by atoms with Gasteiger partial charge in [-0.25, -0.2) is 9.97 Å². The maximum absolute atomic E-state index is 13.3. The third-order valence-electron chi connectivity index (χ3n) is 8.49. The molecule has 8 heteroatoms. The molecule has 1 aromatic rings. The number of rotatable bonds is 6. The number of ether oxygens (including phenoxy) is 1. The van der Waals surface area contributed by atoms with E-state index >= 15 is 0 Å². The normalized spacial score (nSPS) is 27.0.